The van der Waals surface area contributed by atoms with Crippen LogP contribution in [-0.2, 0) is 16.0 Å². The van der Waals surface area contributed by atoms with Gasteiger partial charge in [0.2, 0.25) is 6.41 Å². The van der Waals surface area contributed by atoms with Crippen LogP contribution in [0.1, 0.15) is 58.9 Å². The molecule has 1 saturated carbocycles. The van der Waals surface area contributed by atoms with Crippen molar-refractivity contribution in [3.63, 3.8) is 0 Å². The standard InChI is InChI=1S/C21H32N2O2.C5H11NO/c1-16(24)12-22-20(11-17-7-3-2-4-8-17)21(25)15-23-13-18-9-5-6-10-19(18)14-23;1-5(2,3)6-4-7/h2-4,7-8,18-22,25H,5-6,9-15H2,1H3;4H,1-3H3,(H,6,7). The molecule has 2 fully saturated rings. The van der Waals surface area contributed by atoms with Gasteiger partial charge in [0.1, 0.15) is 5.78 Å². The maximum absolute atomic E-state index is 11.4. The number of carbonyl (C=O) groups is 2. The molecule has 1 aliphatic heterocycles. The van der Waals surface area contributed by atoms with Gasteiger partial charge in [-0.1, -0.05) is 43.2 Å². The van der Waals surface area contributed by atoms with Gasteiger partial charge in [-0.2, -0.15) is 0 Å². The number of fused-ring (bicyclic) bond motifs is 1. The molecule has 1 saturated heterocycles. The van der Waals surface area contributed by atoms with Gasteiger partial charge < -0.3 is 20.6 Å². The Morgan fingerprint density at radius 3 is 2.22 bits per heavy atom. The van der Waals surface area contributed by atoms with Gasteiger partial charge in [-0.15, -0.1) is 0 Å². The number of nitrogens with one attached hydrogen (secondary N) is 2. The van der Waals surface area contributed by atoms with E-state index in [1.807, 2.05) is 39.0 Å². The van der Waals surface area contributed by atoms with E-state index < -0.39 is 6.10 Å². The van der Waals surface area contributed by atoms with Crippen molar-refractivity contribution < 1.29 is 14.7 Å². The van der Waals surface area contributed by atoms with Crippen molar-refractivity contribution in [3.8, 4) is 0 Å². The van der Waals surface area contributed by atoms with Crippen molar-refractivity contribution in [2.24, 2.45) is 11.8 Å². The molecule has 1 amide bonds. The minimum Gasteiger partial charge on any atom is -0.390 e. The zero-order valence-electron chi connectivity index (χ0n) is 20.3. The lowest BCUT2D eigenvalue weighted by Gasteiger charge is -2.28. The number of rotatable bonds is 9. The average molecular weight is 446 g/mol. The van der Waals surface area contributed by atoms with Crippen LogP contribution in [0, 0.1) is 11.8 Å². The first-order valence-corrected chi connectivity index (χ1v) is 12.1. The fourth-order valence-corrected chi connectivity index (χ4v) is 4.71. The van der Waals surface area contributed by atoms with Crippen molar-refractivity contribution in [1.82, 2.24) is 15.5 Å². The SMILES string of the molecule is CC(=O)CNC(Cc1ccccc1)C(O)CN1CC2CCCCC2C1.CC(C)(C)NC=O. The van der Waals surface area contributed by atoms with Gasteiger partial charge >= 0.3 is 0 Å². The lowest BCUT2D eigenvalue weighted by molar-refractivity contribution is -0.116. The highest BCUT2D eigenvalue weighted by Crippen LogP contribution is 2.36. The molecule has 1 aromatic carbocycles. The fraction of sp³-hybridized carbons (Fsp3) is 0.692. The first kappa shape index (κ1) is 26.5. The first-order chi connectivity index (χ1) is 15.2. The molecule has 32 heavy (non-hydrogen) atoms. The molecular formula is C26H43N3O3. The summed E-state index contributed by atoms with van der Waals surface area (Å²) in [4.78, 5) is 23.5. The molecule has 0 spiro atoms. The van der Waals surface area contributed by atoms with Crippen LogP contribution < -0.4 is 10.6 Å². The Hall–Kier alpha value is -1.76. The lowest BCUT2D eigenvalue weighted by atomic mass is 9.82. The molecule has 2 aliphatic rings. The normalized spacial score (nSPS) is 22.8. The highest BCUT2D eigenvalue weighted by atomic mass is 16.3. The van der Waals surface area contributed by atoms with Crippen molar-refractivity contribution in [2.75, 3.05) is 26.2 Å². The fourth-order valence-electron chi connectivity index (χ4n) is 4.71. The van der Waals surface area contributed by atoms with Crippen LogP contribution in [0.3, 0.4) is 0 Å². The van der Waals surface area contributed by atoms with E-state index in [2.05, 4.69) is 27.7 Å². The van der Waals surface area contributed by atoms with E-state index in [4.69, 9.17) is 0 Å². The van der Waals surface area contributed by atoms with Crippen LogP contribution in [0.25, 0.3) is 0 Å². The topological polar surface area (TPSA) is 81.7 Å². The van der Waals surface area contributed by atoms with Gasteiger partial charge in [0.15, 0.2) is 0 Å². The number of ketones is 1. The Balaban J connectivity index is 0.000000451. The van der Waals surface area contributed by atoms with Crippen LogP contribution in [-0.4, -0.2) is 66.1 Å². The van der Waals surface area contributed by atoms with E-state index in [9.17, 15) is 14.7 Å². The van der Waals surface area contributed by atoms with E-state index in [-0.39, 0.29) is 17.4 Å². The van der Waals surface area contributed by atoms with Gasteiger partial charge in [-0.3, -0.25) is 9.59 Å². The molecule has 0 aromatic heterocycles. The number of carbonyl (C=O) groups excluding carboxylic acids is 2. The number of nitrogens with zero attached hydrogens (tertiary/aromatic N) is 1. The third-order valence-electron chi connectivity index (χ3n) is 6.37. The molecule has 6 heteroatoms. The van der Waals surface area contributed by atoms with Gasteiger partial charge in [0.25, 0.3) is 0 Å². The summed E-state index contributed by atoms with van der Waals surface area (Å²) in [6.07, 6.45) is 6.44. The summed E-state index contributed by atoms with van der Waals surface area (Å²) in [7, 11) is 0. The molecule has 0 bridgehead atoms. The number of hydrogen-bond donors (Lipinski definition) is 3. The number of benzene rings is 1. The highest BCUT2D eigenvalue weighted by molar-refractivity contribution is 5.77. The largest absolute Gasteiger partial charge is 0.390 e. The minimum absolute atomic E-state index is 0.0677. The Morgan fingerprint density at radius 2 is 1.75 bits per heavy atom. The van der Waals surface area contributed by atoms with Crippen molar-refractivity contribution >= 4 is 12.2 Å². The van der Waals surface area contributed by atoms with E-state index in [0.717, 1.165) is 31.3 Å². The second-order valence-electron chi connectivity index (χ2n) is 10.5. The monoisotopic (exact) mass is 445 g/mol. The van der Waals surface area contributed by atoms with Crippen molar-refractivity contribution in [2.45, 2.75) is 77.5 Å². The summed E-state index contributed by atoms with van der Waals surface area (Å²) in [5.41, 5.74) is 1.12. The van der Waals surface area contributed by atoms with Crippen molar-refractivity contribution in [1.29, 1.82) is 0 Å². The number of aliphatic hydroxyl groups excluding tert-OH is 1. The minimum atomic E-state index is -0.459. The Morgan fingerprint density at radius 1 is 1.16 bits per heavy atom. The van der Waals surface area contributed by atoms with Crippen LogP contribution >= 0.6 is 0 Å². The predicted molar refractivity (Wildman–Crippen MR) is 129 cm³/mol. The Labute approximate surface area is 194 Å². The molecule has 4 atom stereocenters. The quantitative estimate of drug-likeness (QED) is 0.509. The zero-order chi connectivity index (χ0) is 23.6. The number of hydrogen-bond acceptors (Lipinski definition) is 5. The number of amides is 1. The second kappa shape index (κ2) is 13.1. The molecule has 180 valence electrons. The van der Waals surface area contributed by atoms with Crippen LogP contribution in [0.4, 0.5) is 0 Å². The van der Waals surface area contributed by atoms with Gasteiger partial charge in [-0.05, 0) is 64.4 Å². The summed E-state index contributed by atoms with van der Waals surface area (Å²) in [5, 5.41) is 16.7. The molecule has 6 nitrogen and oxygen atoms in total. The highest BCUT2D eigenvalue weighted by Gasteiger charge is 2.35. The summed E-state index contributed by atoms with van der Waals surface area (Å²) in [6.45, 7) is 10.7. The molecule has 3 rings (SSSR count). The summed E-state index contributed by atoms with van der Waals surface area (Å²) >= 11 is 0. The van der Waals surface area contributed by atoms with E-state index >= 15 is 0 Å². The van der Waals surface area contributed by atoms with Crippen molar-refractivity contribution in [3.05, 3.63) is 35.9 Å². The summed E-state index contributed by atoms with van der Waals surface area (Å²) < 4.78 is 0. The predicted octanol–water partition coefficient (Wildman–Crippen LogP) is 2.79. The van der Waals surface area contributed by atoms with Crippen LogP contribution in [0.2, 0.25) is 0 Å². The second-order valence-corrected chi connectivity index (χ2v) is 10.5. The summed E-state index contributed by atoms with van der Waals surface area (Å²) in [5.74, 6) is 1.77. The molecule has 1 heterocycles. The third kappa shape index (κ3) is 9.80. The molecular weight excluding hydrogens is 402 g/mol. The Kier molecular flexibility index (Phi) is 10.8. The molecule has 3 N–H and O–H groups in total. The summed E-state index contributed by atoms with van der Waals surface area (Å²) in [6, 6.07) is 10.1. The smallest absolute Gasteiger partial charge is 0.207 e. The van der Waals surface area contributed by atoms with Crippen LogP contribution in [0.15, 0.2) is 30.3 Å². The zero-order valence-corrected chi connectivity index (χ0v) is 20.3. The van der Waals surface area contributed by atoms with E-state index in [1.165, 1.54) is 31.2 Å². The molecule has 1 aliphatic carbocycles. The third-order valence-corrected chi connectivity index (χ3v) is 6.37. The molecule has 0 radical (unpaired) electrons. The number of likely N-dealkylation sites (tertiary alicyclic amines) is 1. The Bertz CT molecular complexity index is 675. The maximum Gasteiger partial charge on any atom is 0.207 e. The average Bonchev–Trinajstić information content (AvgIpc) is 3.13. The van der Waals surface area contributed by atoms with E-state index in [0.29, 0.717) is 19.5 Å². The first-order valence-electron chi connectivity index (χ1n) is 12.1. The number of Topliss-reactive ketones (excluding diaryl/α,β-unsaturated/α-hetero) is 1. The maximum atomic E-state index is 11.4. The van der Waals surface area contributed by atoms with E-state index in [1.54, 1.807) is 6.92 Å². The lowest BCUT2D eigenvalue weighted by Crippen LogP contribution is -2.48. The number of aliphatic hydroxyl groups is 1. The molecule has 1 aromatic rings. The van der Waals surface area contributed by atoms with Gasteiger partial charge in [0.05, 0.1) is 12.6 Å². The van der Waals surface area contributed by atoms with Crippen LogP contribution in [0.5, 0.6) is 0 Å². The van der Waals surface area contributed by atoms with Gasteiger partial charge in [0, 0.05) is 31.2 Å². The number of β-amino-alcohol motifs (C(OH)–C–C–N with tert-alkyl or cyclic N) is 1. The molecule has 4 unspecified atom stereocenters. The van der Waals surface area contributed by atoms with Gasteiger partial charge in [-0.25, -0.2) is 0 Å².